The molecule has 3 aromatic rings. The van der Waals surface area contributed by atoms with Crippen LogP contribution in [-0.2, 0) is 6.42 Å². The molecule has 1 aliphatic heterocycles. The van der Waals surface area contributed by atoms with Crippen molar-refractivity contribution in [1.29, 1.82) is 0 Å². The minimum absolute atomic E-state index is 0.207. The van der Waals surface area contributed by atoms with E-state index in [1.165, 1.54) is 12.0 Å². The van der Waals surface area contributed by atoms with Crippen molar-refractivity contribution in [2.24, 2.45) is 0 Å². The minimum atomic E-state index is -0.207. The molecule has 0 radical (unpaired) electrons. The number of aromatic nitrogens is 2. The monoisotopic (exact) mass is 488 g/mol. The Labute approximate surface area is 204 Å². The lowest BCUT2D eigenvalue weighted by Crippen LogP contribution is -2.45. The van der Waals surface area contributed by atoms with Gasteiger partial charge in [-0.1, -0.05) is 53.9 Å². The summed E-state index contributed by atoms with van der Waals surface area (Å²) in [4.78, 5) is 13.1. The highest BCUT2D eigenvalue weighted by atomic mass is 35.5. The average Bonchev–Trinajstić information content (AvgIpc) is 3.12. The molecule has 5 nitrogen and oxygen atoms in total. The maximum absolute atomic E-state index is 13.1. The third kappa shape index (κ3) is 4.99. The number of hydrogen-bond acceptors (Lipinski definition) is 4. The largest absolute Gasteiger partial charge is 0.286 e. The van der Waals surface area contributed by atoms with Crippen molar-refractivity contribution in [2.75, 3.05) is 18.8 Å². The first-order valence-electron chi connectivity index (χ1n) is 10.8. The second kappa shape index (κ2) is 10.3. The fourth-order valence-corrected chi connectivity index (χ4v) is 4.79. The predicted octanol–water partition coefficient (Wildman–Crippen LogP) is 5.76. The molecular formula is C24H26Cl2N4OS. The topological polar surface area (TPSA) is 50.2 Å². The van der Waals surface area contributed by atoms with Crippen LogP contribution in [0.25, 0.3) is 16.9 Å². The van der Waals surface area contributed by atoms with Crippen LogP contribution in [0, 0.1) is 6.92 Å². The molecule has 0 spiro atoms. The molecule has 1 saturated heterocycles. The molecular weight excluding hydrogens is 463 g/mol. The third-order valence-electron chi connectivity index (χ3n) is 5.72. The molecule has 168 valence electrons. The van der Waals surface area contributed by atoms with Crippen LogP contribution in [0.3, 0.4) is 0 Å². The van der Waals surface area contributed by atoms with E-state index in [1.54, 1.807) is 16.8 Å². The van der Waals surface area contributed by atoms with Gasteiger partial charge in [0.15, 0.2) is 5.69 Å². The van der Waals surface area contributed by atoms with Gasteiger partial charge in [0.1, 0.15) is 0 Å². The van der Waals surface area contributed by atoms with Crippen LogP contribution >= 0.6 is 35.8 Å². The summed E-state index contributed by atoms with van der Waals surface area (Å²) in [5.74, 6) is 0.582. The van der Waals surface area contributed by atoms with Crippen LogP contribution in [-0.4, -0.2) is 39.5 Å². The van der Waals surface area contributed by atoms with E-state index in [9.17, 15) is 4.79 Å². The Morgan fingerprint density at radius 2 is 1.81 bits per heavy atom. The number of thiol groups is 1. The summed E-state index contributed by atoms with van der Waals surface area (Å²) >= 11 is 17.0. The van der Waals surface area contributed by atoms with Gasteiger partial charge in [0, 0.05) is 29.2 Å². The number of piperidine rings is 1. The summed E-state index contributed by atoms with van der Waals surface area (Å²) in [7, 11) is 0. The Morgan fingerprint density at radius 3 is 2.47 bits per heavy atom. The van der Waals surface area contributed by atoms with Crippen molar-refractivity contribution in [1.82, 2.24) is 20.2 Å². The molecule has 2 aromatic carbocycles. The van der Waals surface area contributed by atoms with E-state index in [-0.39, 0.29) is 5.91 Å². The smallest absolute Gasteiger partial charge is 0.283 e. The molecule has 32 heavy (non-hydrogen) atoms. The van der Waals surface area contributed by atoms with Gasteiger partial charge in [-0.2, -0.15) is 17.7 Å². The summed E-state index contributed by atoms with van der Waals surface area (Å²) in [6, 6.07) is 13.5. The summed E-state index contributed by atoms with van der Waals surface area (Å²) in [6.07, 6.45) is 4.26. The van der Waals surface area contributed by atoms with Crippen molar-refractivity contribution in [3.05, 3.63) is 69.3 Å². The maximum Gasteiger partial charge on any atom is 0.286 e. The quantitative estimate of drug-likeness (QED) is 0.433. The van der Waals surface area contributed by atoms with E-state index >= 15 is 0 Å². The standard InChI is InChI=1S/C24H26Cl2N4OS/c1-16-22(24(31)28-29-12-3-2-4-13-29)27-30(21-10-9-19(25)15-20(21)26)23(16)18-7-5-17(6-8-18)11-14-32/h5-10,15,32H,2-4,11-14H2,1H3,(H,28,31). The molecule has 1 amide bonds. The van der Waals surface area contributed by atoms with Gasteiger partial charge in [0.25, 0.3) is 5.91 Å². The molecule has 1 aromatic heterocycles. The molecule has 0 saturated carbocycles. The van der Waals surface area contributed by atoms with E-state index in [1.807, 2.05) is 18.0 Å². The number of aryl methyl sites for hydroxylation is 1. The highest BCUT2D eigenvalue weighted by Gasteiger charge is 2.24. The molecule has 1 N–H and O–H groups in total. The number of benzene rings is 2. The number of hydrogen-bond donors (Lipinski definition) is 2. The molecule has 0 bridgehead atoms. The van der Waals surface area contributed by atoms with Crippen molar-refractivity contribution < 1.29 is 4.79 Å². The SMILES string of the molecule is Cc1c(C(=O)NN2CCCCC2)nn(-c2ccc(Cl)cc2Cl)c1-c1ccc(CCS)cc1. The number of amides is 1. The maximum atomic E-state index is 13.1. The van der Waals surface area contributed by atoms with Gasteiger partial charge in [-0.05, 0) is 55.7 Å². The van der Waals surface area contributed by atoms with Crippen LogP contribution in [0.1, 0.15) is 40.9 Å². The van der Waals surface area contributed by atoms with Gasteiger partial charge >= 0.3 is 0 Å². The van der Waals surface area contributed by atoms with E-state index in [0.29, 0.717) is 21.4 Å². The zero-order valence-electron chi connectivity index (χ0n) is 17.9. The van der Waals surface area contributed by atoms with Crippen LogP contribution < -0.4 is 5.43 Å². The fraction of sp³-hybridized carbons (Fsp3) is 0.333. The molecule has 1 aliphatic rings. The summed E-state index contributed by atoms with van der Waals surface area (Å²) in [6.45, 7) is 3.64. The molecule has 2 heterocycles. The Morgan fingerprint density at radius 1 is 1.09 bits per heavy atom. The summed E-state index contributed by atoms with van der Waals surface area (Å²) in [5.41, 5.74) is 7.88. The van der Waals surface area contributed by atoms with Crippen LogP contribution in [0.5, 0.6) is 0 Å². The average molecular weight is 489 g/mol. The fourth-order valence-electron chi connectivity index (χ4n) is 4.04. The number of nitrogens with one attached hydrogen (secondary N) is 1. The Kier molecular flexibility index (Phi) is 7.46. The lowest BCUT2D eigenvalue weighted by molar-refractivity contribution is 0.0743. The molecule has 8 heteroatoms. The third-order valence-corrected chi connectivity index (χ3v) is 6.48. The molecule has 0 atom stereocenters. The number of nitrogens with zero attached hydrogens (tertiary/aromatic N) is 3. The van der Waals surface area contributed by atoms with Crippen LogP contribution in [0.15, 0.2) is 42.5 Å². The minimum Gasteiger partial charge on any atom is -0.283 e. The number of hydrazine groups is 1. The second-order valence-corrected chi connectivity index (χ2v) is 9.28. The van der Waals surface area contributed by atoms with Crippen LogP contribution in [0.2, 0.25) is 10.0 Å². The van der Waals surface area contributed by atoms with Crippen molar-refractivity contribution in [3.63, 3.8) is 0 Å². The number of rotatable bonds is 6. The van der Waals surface area contributed by atoms with Crippen molar-refractivity contribution in [3.8, 4) is 16.9 Å². The van der Waals surface area contributed by atoms with Gasteiger partial charge in [-0.15, -0.1) is 0 Å². The van der Waals surface area contributed by atoms with E-state index in [2.05, 4.69) is 42.3 Å². The van der Waals surface area contributed by atoms with Gasteiger partial charge < -0.3 is 0 Å². The lowest BCUT2D eigenvalue weighted by Gasteiger charge is -2.26. The lowest BCUT2D eigenvalue weighted by atomic mass is 10.0. The van der Waals surface area contributed by atoms with E-state index in [4.69, 9.17) is 28.3 Å². The predicted molar refractivity (Wildman–Crippen MR) is 134 cm³/mol. The number of carbonyl (C=O) groups is 1. The first-order valence-corrected chi connectivity index (χ1v) is 12.2. The first kappa shape index (κ1) is 23.2. The van der Waals surface area contributed by atoms with Crippen molar-refractivity contribution >= 4 is 41.7 Å². The number of carbonyl (C=O) groups excluding carboxylic acids is 1. The normalized spacial score (nSPS) is 14.5. The van der Waals surface area contributed by atoms with Gasteiger partial charge in [-0.3, -0.25) is 10.2 Å². The first-order chi connectivity index (χ1) is 15.5. The van der Waals surface area contributed by atoms with E-state index in [0.717, 1.165) is 54.9 Å². The molecule has 4 rings (SSSR count). The van der Waals surface area contributed by atoms with Gasteiger partial charge in [-0.25, -0.2) is 9.69 Å². The second-order valence-electron chi connectivity index (χ2n) is 7.99. The number of halogens is 2. The summed E-state index contributed by atoms with van der Waals surface area (Å²) < 4.78 is 1.74. The highest BCUT2D eigenvalue weighted by Crippen LogP contribution is 2.33. The molecule has 0 aliphatic carbocycles. The Hall–Kier alpha value is -1.99. The zero-order valence-corrected chi connectivity index (χ0v) is 20.4. The Bertz CT molecular complexity index is 1110. The molecule has 0 unspecified atom stereocenters. The van der Waals surface area contributed by atoms with Crippen molar-refractivity contribution in [2.45, 2.75) is 32.6 Å². The Balaban J connectivity index is 1.78. The zero-order chi connectivity index (χ0) is 22.7. The highest BCUT2D eigenvalue weighted by molar-refractivity contribution is 7.80. The van der Waals surface area contributed by atoms with Gasteiger partial charge in [0.05, 0.1) is 16.4 Å². The summed E-state index contributed by atoms with van der Waals surface area (Å²) in [5, 5.41) is 7.70. The van der Waals surface area contributed by atoms with Crippen LogP contribution in [0.4, 0.5) is 0 Å². The van der Waals surface area contributed by atoms with Gasteiger partial charge in [0.2, 0.25) is 0 Å². The molecule has 1 fully saturated rings. The van der Waals surface area contributed by atoms with E-state index < -0.39 is 0 Å².